The van der Waals surface area contributed by atoms with Crippen LogP contribution < -0.4 is 5.32 Å². The van der Waals surface area contributed by atoms with Crippen LogP contribution in [0.1, 0.15) is 22.7 Å². The summed E-state index contributed by atoms with van der Waals surface area (Å²) in [6.45, 7) is 1.94. The molecule has 0 fully saturated rings. The van der Waals surface area contributed by atoms with E-state index in [0.29, 0.717) is 0 Å². The minimum absolute atomic E-state index is 0.0440. The maximum absolute atomic E-state index is 13.9. The highest BCUT2D eigenvalue weighted by Crippen LogP contribution is 2.29. The normalized spacial score (nSPS) is 12.5. The highest BCUT2D eigenvalue weighted by atomic mass is 79.9. The molecule has 0 amide bonds. The van der Waals surface area contributed by atoms with E-state index in [1.807, 2.05) is 25.1 Å². The zero-order valence-electron chi connectivity index (χ0n) is 10.7. The number of aryl methyl sites for hydroxylation is 1. The highest BCUT2D eigenvalue weighted by Gasteiger charge is 2.20. The van der Waals surface area contributed by atoms with Crippen molar-refractivity contribution in [2.24, 2.45) is 0 Å². The van der Waals surface area contributed by atoms with Gasteiger partial charge in [0.15, 0.2) is 0 Å². The zero-order valence-corrected chi connectivity index (χ0v) is 12.3. The Hall–Kier alpha value is -1.26. The van der Waals surface area contributed by atoms with Crippen LogP contribution in [0, 0.1) is 18.6 Å². The van der Waals surface area contributed by atoms with E-state index >= 15 is 0 Å². The molecule has 2 aromatic carbocycles. The predicted octanol–water partition coefficient (Wildman–Crippen LogP) is 4.34. The largest absolute Gasteiger partial charge is 0.309 e. The van der Waals surface area contributed by atoms with Crippen LogP contribution >= 0.6 is 15.9 Å². The molecule has 1 N–H and O–H groups in total. The van der Waals surface area contributed by atoms with Crippen LogP contribution in [0.4, 0.5) is 8.78 Å². The molecule has 0 saturated heterocycles. The standard InChI is InChI=1S/C15H14BrF2N/c1-9-6-10(8-11(16)7-9)15(19-2)14-12(17)4-3-5-13(14)18/h3-8,15,19H,1-2H3. The van der Waals surface area contributed by atoms with Crippen LogP contribution in [-0.2, 0) is 0 Å². The summed E-state index contributed by atoms with van der Waals surface area (Å²) < 4.78 is 28.7. The summed E-state index contributed by atoms with van der Waals surface area (Å²) in [7, 11) is 1.69. The number of nitrogens with one attached hydrogen (secondary N) is 1. The van der Waals surface area contributed by atoms with Crippen LogP contribution in [0.25, 0.3) is 0 Å². The Morgan fingerprint density at radius 1 is 1.11 bits per heavy atom. The van der Waals surface area contributed by atoms with E-state index in [-0.39, 0.29) is 5.56 Å². The second-order valence-corrected chi connectivity index (χ2v) is 5.33. The summed E-state index contributed by atoms with van der Waals surface area (Å²) in [6, 6.07) is 9.12. The van der Waals surface area contributed by atoms with Gasteiger partial charge in [-0.15, -0.1) is 0 Å². The summed E-state index contributed by atoms with van der Waals surface area (Å²) in [6.07, 6.45) is 0. The van der Waals surface area contributed by atoms with E-state index in [1.165, 1.54) is 18.2 Å². The lowest BCUT2D eigenvalue weighted by Crippen LogP contribution is -2.20. The lowest BCUT2D eigenvalue weighted by molar-refractivity contribution is 0.522. The molecule has 0 aromatic heterocycles. The molecule has 0 aliphatic carbocycles. The second-order valence-electron chi connectivity index (χ2n) is 4.42. The molecule has 19 heavy (non-hydrogen) atoms. The minimum atomic E-state index is -0.544. The number of halogens is 3. The van der Waals surface area contributed by atoms with Crippen molar-refractivity contribution < 1.29 is 8.78 Å². The van der Waals surface area contributed by atoms with Gasteiger partial charge < -0.3 is 5.32 Å². The van der Waals surface area contributed by atoms with Gasteiger partial charge in [-0.2, -0.15) is 0 Å². The molecule has 0 aliphatic heterocycles. The van der Waals surface area contributed by atoms with Crippen molar-refractivity contribution in [2.75, 3.05) is 7.05 Å². The molecule has 2 aromatic rings. The van der Waals surface area contributed by atoms with E-state index in [2.05, 4.69) is 21.2 Å². The molecular formula is C15H14BrF2N. The Morgan fingerprint density at radius 3 is 2.26 bits per heavy atom. The SMILES string of the molecule is CNC(c1cc(C)cc(Br)c1)c1c(F)cccc1F. The van der Waals surface area contributed by atoms with Crippen LogP contribution in [0.5, 0.6) is 0 Å². The van der Waals surface area contributed by atoms with Crippen molar-refractivity contribution >= 4 is 15.9 Å². The van der Waals surface area contributed by atoms with Gasteiger partial charge in [0.2, 0.25) is 0 Å². The molecule has 1 unspecified atom stereocenters. The molecule has 0 radical (unpaired) electrons. The van der Waals surface area contributed by atoms with E-state index < -0.39 is 17.7 Å². The summed E-state index contributed by atoms with van der Waals surface area (Å²) in [5, 5.41) is 2.97. The van der Waals surface area contributed by atoms with Crippen LogP contribution in [-0.4, -0.2) is 7.05 Å². The Balaban J connectivity index is 2.56. The van der Waals surface area contributed by atoms with Crippen molar-refractivity contribution in [3.05, 3.63) is 69.2 Å². The predicted molar refractivity (Wildman–Crippen MR) is 76.1 cm³/mol. The van der Waals surface area contributed by atoms with Crippen molar-refractivity contribution in [1.82, 2.24) is 5.32 Å². The first kappa shape index (κ1) is 14.2. The lowest BCUT2D eigenvalue weighted by atomic mass is 9.96. The summed E-state index contributed by atoms with van der Waals surface area (Å²) >= 11 is 3.40. The quantitative estimate of drug-likeness (QED) is 0.884. The smallest absolute Gasteiger partial charge is 0.131 e. The fourth-order valence-corrected chi connectivity index (χ4v) is 2.82. The van der Waals surface area contributed by atoms with Gasteiger partial charge in [0.05, 0.1) is 6.04 Å². The summed E-state index contributed by atoms with van der Waals surface area (Å²) in [5.74, 6) is -1.09. The maximum Gasteiger partial charge on any atom is 0.131 e. The van der Waals surface area contributed by atoms with Crippen LogP contribution in [0.3, 0.4) is 0 Å². The number of benzene rings is 2. The molecule has 0 heterocycles. The van der Waals surface area contributed by atoms with Gasteiger partial charge in [0.1, 0.15) is 11.6 Å². The number of hydrogen-bond donors (Lipinski definition) is 1. The van der Waals surface area contributed by atoms with Crippen LogP contribution in [0.2, 0.25) is 0 Å². The molecule has 0 bridgehead atoms. The molecule has 1 atom stereocenters. The van der Waals surface area contributed by atoms with E-state index in [4.69, 9.17) is 0 Å². The molecule has 0 saturated carbocycles. The maximum atomic E-state index is 13.9. The van der Waals surface area contributed by atoms with Crippen LogP contribution in [0.15, 0.2) is 40.9 Å². The van der Waals surface area contributed by atoms with Gasteiger partial charge in [-0.05, 0) is 49.4 Å². The van der Waals surface area contributed by atoms with E-state index in [9.17, 15) is 8.78 Å². The first-order chi connectivity index (χ1) is 9.02. The average molecular weight is 326 g/mol. The van der Waals surface area contributed by atoms with Crippen molar-refractivity contribution in [3.63, 3.8) is 0 Å². The van der Waals surface area contributed by atoms with E-state index in [0.717, 1.165) is 15.6 Å². The summed E-state index contributed by atoms with van der Waals surface area (Å²) in [4.78, 5) is 0. The third-order valence-electron chi connectivity index (χ3n) is 2.97. The van der Waals surface area contributed by atoms with Crippen molar-refractivity contribution in [1.29, 1.82) is 0 Å². The molecule has 1 nitrogen and oxygen atoms in total. The fourth-order valence-electron chi connectivity index (χ4n) is 2.20. The van der Waals surface area contributed by atoms with Gasteiger partial charge in [-0.25, -0.2) is 8.78 Å². The van der Waals surface area contributed by atoms with Crippen molar-refractivity contribution in [3.8, 4) is 0 Å². The Kier molecular flexibility index (Phi) is 4.32. The number of hydrogen-bond acceptors (Lipinski definition) is 1. The third-order valence-corrected chi connectivity index (χ3v) is 3.43. The Morgan fingerprint density at radius 2 is 1.74 bits per heavy atom. The van der Waals surface area contributed by atoms with Gasteiger partial charge in [0, 0.05) is 10.0 Å². The third kappa shape index (κ3) is 3.01. The number of rotatable bonds is 3. The molecule has 4 heteroatoms. The Labute approximate surface area is 119 Å². The molecular weight excluding hydrogens is 312 g/mol. The minimum Gasteiger partial charge on any atom is -0.309 e. The van der Waals surface area contributed by atoms with E-state index in [1.54, 1.807) is 7.05 Å². The molecule has 0 aliphatic rings. The fraction of sp³-hybridized carbons (Fsp3) is 0.200. The van der Waals surface area contributed by atoms with Gasteiger partial charge in [-0.1, -0.05) is 28.1 Å². The lowest BCUT2D eigenvalue weighted by Gasteiger charge is -2.19. The van der Waals surface area contributed by atoms with Gasteiger partial charge >= 0.3 is 0 Å². The summed E-state index contributed by atoms with van der Waals surface area (Å²) in [5.41, 5.74) is 1.89. The monoisotopic (exact) mass is 325 g/mol. The van der Waals surface area contributed by atoms with Gasteiger partial charge in [-0.3, -0.25) is 0 Å². The molecule has 100 valence electrons. The average Bonchev–Trinajstić information content (AvgIpc) is 2.32. The topological polar surface area (TPSA) is 12.0 Å². The first-order valence-corrected chi connectivity index (χ1v) is 6.70. The zero-order chi connectivity index (χ0) is 14.0. The highest BCUT2D eigenvalue weighted by molar-refractivity contribution is 9.10. The molecule has 0 spiro atoms. The van der Waals surface area contributed by atoms with Gasteiger partial charge in [0.25, 0.3) is 0 Å². The van der Waals surface area contributed by atoms with Crippen molar-refractivity contribution in [2.45, 2.75) is 13.0 Å². The second kappa shape index (κ2) is 5.80. The Bertz CT molecular complexity index is 558. The first-order valence-electron chi connectivity index (χ1n) is 5.91. The molecule has 2 rings (SSSR count).